The van der Waals surface area contributed by atoms with Crippen molar-refractivity contribution in [2.24, 2.45) is 0 Å². The van der Waals surface area contributed by atoms with Crippen LogP contribution in [0, 0.1) is 12.7 Å². The number of nitrogens with zero attached hydrogens (tertiary/aromatic N) is 2. The van der Waals surface area contributed by atoms with Crippen molar-refractivity contribution in [3.05, 3.63) is 57.8 Å². The van der Waals surface area contributed by atoms with Crippen molar-refractivity contribution in [2.45, 2.75) is 6.92 Å². The summed E-state index contributed by atoms with van der Waals surface area (Å²) in [6.45, 7) is 3.68. The number of anilines is 1. The minimum atomic E-state index is -0.314. The monoisotopic (exact) mass is 345 g/mol. The summed E-state index contributed by atoms with van der Waals surface area (Å²) in [5.74, 6) is 0.0969. The first-order chi connectivity index (χ1) is 12.0. The number of aromatic amines is 1. The lowest BCUT2D eigenvalue weighted by Gasteiger charge is -2.36. The second-order valence-corrected chi connectivity index (χ2v) is 6.01. The molecule has 25 heavy (non-hydrogen) atoms. The lowest BCUT2D eigenvalue weighted by molar-refractivity contribution is 0.0746. The van der Waals surface area contributed by atoms with E-state index in [1.165, 1.54) is 19.2 Å². The lowest BCUT2D eigenvalue weighted by atomic mass is 10.1. The Labute approximate surface area is 144 Å². The lowest BCUT2D eigenvalue weighted by Crippen LogP contribution is -2.49. The van der Waals surface area contributed by atoms with Crippen molar-refractivity contribution in [2.75, 3.05) is 38.2 Å². The van der Waals surface area contributed by atoms with Crippen LogP contribution >= 0.6 is 0 Å². The number of H-pyrrole nitrogens is 1. The van der Waals surface area contributed by atoms with Crippen LogP contribution in [-0.4, -0.2) is 49.1 Å². The number of ether oxygens (including phenoxy) is 1. The fourth-order valence-electron chi connectivity index (χ4n) is 3.00. The summed E-state index contributed by atoms with van der Waals surface area (Å²) < 4.78 is 19.2. The van der Waals surface area contributed by atoms with Crippen LogP contribution in [0.15, 0.2) is 35.1 Å². The molecule has 1 aromatic heterocycles. The number of rotatable bonds is 3. The Bertz CT molecular complexity index is 842. The first-order valence-corrected chi connectivity index (χ1v) is 8.06. The zero-order valence-electron chi connectivity index (χ0n) is 14.2. The number of benzene rings is 1. The van der Waals surface area contributed by atoms with Crippen molar-refractivity contribution in [3.8, 4) is 5.75 Å². The van der Waals surface area contributed by atoms with Crippen LogP contribution in [0.4, 0.5) is 10.1 Å². The molecule has 1 N–H and O–H groups in total. The molecule has 0 radical (unpaired) electrons. The summed E-state index contributed by atoms with van der Waals surface area (Å²) in [5, 5.41) is 0. The first-order valence-electron chi connectivity index (χ1n) is 8.06. The number of hydrogen-bond donors (Lipinski definition) is 1. The Morgan fingerprint density at radius 2 is 1.88 bits per heavy atom. The van der Waals surface area contributed by atoms with Crippen LogP contribution in [-0.2, 0) is 0 Å². The molecular formula is C18H20FN3O3. The summed E-state index contributed by atoms with van der Waals surface area (Å²) in [4.78, 5) is 30.3. The maximum atomic E-state index is 14.1. The van der Waals surface area contributed by atoms with Crippen LogP contribution in [0.25, 0.3) is 0 Å². The van der Waals surface area contributed by atoms with Crippen LogP contribution in [0.3, 0.4) is 0 Å². The van der Waals surface area contributed by atoms with Gasteiger partial charge in [0.1, 0.15) is 11.6 Å². The predicted octanol–water partition coefficient (Wildman–Crippen LogP) is 1.79. The molecule has 1 aromatic carbocycles. The van der Waals surface area contributed by atoms with Crippen molar-refractivity contribution in [1.82, 2.24) is 9.88 Å². The van der Waals surface area contributed by atoms with Crippen molar-refractivity contribution < 1.29 is 13.9 Å². The minimum Gasteiger partial charge on any atom is -0.497 e. The molecule has 3 rings (SSSR count). The van der Waals surface area contributed by atoms with E-state index in [9.17, 15) is 14.0 Å². The van der Waals surface area contributed by atoms with E-state index in [-0.39, 0.29) is 17.3 Å². The van der Waals surface area contributed by atoms with Gasteiger partial charge in [-0.1, -0.05) is 0 Å². The highest BCUT2D eigenvalue weighted by molar-refractivity contribution is 5.94. The fourth-order valence-corrected chi connectivity index (χ4v) is 3.00. The summed E-state index contributed by atoms with van der Waals surface area (Å²) in [7, 11) is 1.54. The second kappa shape index (κ2) is 6.96. The SMILES string of the molecule is COc1ccc(F)c(N2CCN(C(=O)c3cc(C)[nH]c(=O)c3)CC2)c1. The normalized spacial score (nSPS) is 14.5. The third-order valence-corrected chi connectivity index (χ3v) is 4.29. The standard InChI is InChI=1S/C18H20FN3O3/c1-12-9-13(10-17(23)20-12)18(24)22-7-5-21(6-8-22)16-11-14(25-2)3-4-15(16)19/h3-4,9-11H,5-8H2,1-2H3,(H,20,23). The highest BCUT2D eigenvalue weighted by Gasteiger charge is 2.24. The molecule has 132 valence electrons. The van der Waals surface area contributed by atoms with E-state index in [1.54, 1.807) is 30.0 Å². The Morgan fingerprint density at radius 3 is 2.52 bits per heavy atom. The smallest absolute Gasteiger partial charge is 0.254 e. The number of aryl methyl sites for hydroxylation is 1. The molecule has 6 nitrogen and oxygen atoms in total. The average molecular weight is 345 g/mol. The predicted molar refractivity (Wildman–Crippen MR) is 92.9 cm³/mol. The molecule has 0 unspecified atom stereocenters. The van der Waals surface area contributed by atoms with Gasteiger partial charge < -0.3 is 19.5 Å². The van der Waals surface area contributed by atoms with Gasteiger partial charge in [0.25, 0.3) is 5.91 Å². The Hall–Kier alpha value is -2.83. The molecule has 1 amide bonds. The number of carbonyl (C=O) groups is 1. The molecule has 1 saturated heterocycles. The van der Waals surface area contributed by atoms with Gasteiger partial charge in [-0.2, -0.15) is 0 Å². The molecule has 0 aliphatic carbocycles. The van der Waals surface area contributed by atoms with E-state index < -0.39 is 0 Å². The van der Waals surface area contributed by atoms with Gasteiger partial charge >= 0.3 is 0 Å². The highest BCUT2D eigenvalue weighted by Crippen LogP contribution is 2.26. The van der Waals surface area contributed by atoms with E-state index >= 15 is 0 Å². The molecule has 0 atom stereocenters. The molecule has 1 fully saturated rings. The number of aromatic nitrogens is 1. The maximum Gasteiger partial charge on any atom is 0.254 e. The second-order valence-electron chi connectivity index (χ2n) is 6.01. The average Bonchev–Trinajstić information content (AvgIpc) is 2.61. The topological polar surface area (TPSA) is 65.6 Å². The minimum absolute atomic E-state index is 0.181. The van der Waals surface area contributed by atoms with E-state index in [1.807, 2.05) is 4.90 Å². The van der Waals surface area contributed by atoms with Gasteiger partial charge in [0.2, 0.25) is 5.56 Å². The molecule has 0 bridgehead atoms. The van der Waals surface area contributed by atoms with Gasteiger partial charge in [-0.3, -0.25) is 9.59 Å². The van der Waals surface area contributed by atoms with Crippen LogP contribution in [0.1, 0.15) is 16.1 Å². The van der Waals surface area contributed by atoms with Crippen LogP contribution < -0.4 is 15.2 Å². The summed E-state index contributed by atoms with van der Waals surface area (Å²) in [6, 6.07) is 7.59. The van der Waals surface area contributed by atoms with Crippen molar-refractivity contribution >= 4 is 11.6 Å². The number of halogens is 1. The zero-order chi connectivity index (χ0) is 18.0. The van der Waals surface area contributed by atoms with Crippen molar-refractivity contribution in [1.29, 1.82) is 0 Å². The van der Waals surface area contributed by atoms with E-state index in [4.69, 9.17) is 4.74 Å². The molecule has 1 aliphatic heterocycles. The number of amides is 1. The van der Waals surface area contributed by atoms with Crippen LogP contribution in [0.2, 0.25) is 0 Å². The Balaban J connectivity index is 1.71. The largest absolute Gasteiger partial charge is 0.497 e. The number of carbonyl (C=O) groups excluding carboxylic acids is 1. The number of hydrogen-bond acceptors (Lipinski definition) is 4. The molecule has 0 saturated carbocycles. The zero-order valence-corrected chi connectivity index (χ0v) is 14.2. The molecular weight excluding hydrogens is 325 g/mol. The number of nitrogens with one attached hydrogen (secondary N) is 1. The Morgan fingerprint density at radius 1 is 1.16 bits per heavy atom. The van der Waals surface area contributed by atoms with Gasteiger partial charge in [0.15, 0.2) is 0 Å². The summed E-state index contributed by atoms with van der Waals surface area (Å²) in [6.07, 6.45) is 0. The van der Waals surface area contributed by atoms with E-state index in [0.29, 0.717) is 48.9 Å². The number of pyridine rings is 1. The quantitative estimate of drug-likeness (QED) is 0.921. The molecule has 7 heteroatoms. The summed E-state index contributed by atoms with van der Waals surface area (Å²) in [5.41, 5.74) is 1.20. The number of methoxy groups -OCH3 is 1. The molecule has 0 spiro atoms. The van der Waals surface area contributed by atoms with E-state index in [2.05, 4.69) is 4.98 Å². The third-order valence-electron chi connectivity index (χ3n) is 4.29. The number of piperazine rings is 1. The van der Waals surface area contributed by atoms with Crippen molar-refractivity contribution in [3.63, 3.8) is 0 Å². The first kappa shape index (κ1) is 17.0. The third kappa shape index (κ3) is 3.65. The highest BCUT2D eigenvalue weighted by atomic mass is 19.1. The summed E-state index contributed by atoms with van der Waals surface area (Å²) >= 11 is 0. The van der Waals surface area contributed by atoms with Gasteiger partial charge in [0, 0.05) is 49.6 Å². The molecule has 2 aromatic rings. The van der Waals surface area contributed by atoms with Gasteiger partial charge in [0.05, 0.1) is 12.8 Å². The maximum absolute atomic E-state index is 14.1. The van der Waals surface area contributed by atoms with E-state index in [0.717, 1.165) is 0 Å². The van der Waals surface area contributed by atoms with Gasteiger partial charge in [-0.25, -0.2) is 4.39 Å². The molecule has 2 heterocycles. The fraction of sp³-hybridized carbons (Fsp3) is 0.333. The van der Waals surface area contributed by atoms with Gasteiger partial charge in [-0.15, -0.1) is 0 Å². The van der Waals surface area contributed by atoms with Crippen LogP contribution in [0.5, 0.6) is 5.75 Å². The Kier molecular flexibility index (Phi) is 4.74. The van der Waals surface area contributed by atoms with Gasteiger partial charge in [-0.05, 0) is 25.1 Å². The molecule has 1 aliphatic rings.